The van der Waals surface area contributed by atoms with Crippen LogP contribution in [-0.2, 0) is 9.59 Å². The number of aliphatic hydroxyl groups is 1. The Morgan fingerprint density at radius 1 is 0.853 bits per heavy atom. The average Bonchev–Trinajstić information content (AvgIpc) is 3.11. The van der Waals surface area contributed by atoms with Crippen LogP contribution in [0.25, 0.3) is 16.5 Å². The lowest BCUT2D eigenvalue weighted by Gasteiger charge is -2.25. The number of carbonyl (C=O) groups is 2. The Bertz CT molecular complexity index is 1490. The van der Waals surface area contributed by atoms with Crippen molar-refractivity contribution in [3.05, 3.63) is 117 Å². The first kappa shape index (κ1) is 22.1. The van der Waals surface area contributed by atoms with Gasteiger partial charge in [0, 0.05) is 11.3 Å². The van der Waals surface area contributed by atoms with Gasteiger partial charge in [-0.1, -0.05) is 71.7 Å². The average molecular weight is 492 g/mol. The molecule has 0 aromatic heterocycles. The molecule has 4 aromatic rings. The summed E-state index contributed by atoms with van der Waals surface area (Å²) in [5.74, 6) is -2.49. The molecular formula is C27H16Cl2FNO3. The van der Waals surface area contributed by atoms with Crippen molar-refractivity contribution in [1.29, 1.82) is 0 Å². The molecule has 0 aliphatic carbocycles. The number of ketones is 1. The molecule has 1 heterocycles. The summed E-state index contributed by atoms with van der Waals surface area (Å²) in [6, 6.07) is 21.7. The summed E-state index contributed by atoms with van der Waals surface area (Å²) in [5, 5.41) is 13.6. The summed E-state index contributed by atoms with van der Waals surface area (Å²) in [5.41, 5.74) is 1.10. The maximum Gasteiger partial charge on any atom is 0.300 e. The van der Waals surface area contributed by atoms with Crippen molar-refractivity contribution in [1.82, 2.24) is 0 Å². The fourth-order valence-corrected chi connectivity index (χ4v) is 4.58. The number of hydrogen-bond acceptors (Lipinski definition) is 3. The molecule has 0 bridgehead atoms. The highest BCUT2D eigenvalue weighted by Crippen LogP contribution is 2.44. The fraction of sp³-hybridized carbons (Fsp3) is 0.0370. The molecule has 5 rings (SSSR count). The highest BCUT2D eigenvalue weighted by atomic mass is 35.5. The quantitative estimate of drug-likeness (QED) is 0.192. The lowest BCUT2D eigenvalue weighted by molar-refractivity contribution is -0.132. The van der Waals surface area contributed by atoms with E-state index in [1.165, 1.54) is 29.2 Å². The van der Waals surface area contributed by atoms with Crippen LogP contribution in [0.1, 0.15) is 17.2 Å². The van der Waals surface area contributed by atoms with Gasteiger partial charge in [0.1, 0.15) is 11.6 Å². The van der Waals surface area contributed by atoms with Crippen LogP contribution in [0.4, 0.5) is 10.1 Å². The summed E-state index contributed by atoms with van der Waals surface area (Å²) in [6.45, 7) is 0. The second-order valence-electron chi connectivity index (χ2n) is 7.85. The van der Waals surface area contributed by atoms with E-state index in [1.54, 1.807) is 30.3 Å². The number of benzene rings is 4. The first-order valence-corrected chi connectivity index (χ1v) is 11.1. The number of rotatable bonds is 3. The van der Waals surface area contributed by atoms with Gasteiger partial charge in [0.05, 0.1) is 21.7 Å². The van der Waals surface area contributed by atoms with Crippen molar-refractivity contribution in [3.8, 4) is 0 Å². The minimum atomic E-state index is -1.00. The molecule has 34 heavy (non-hydrogen) atoms. The van der Waals surface area contributed by atoms with Gasteiger partial charge >= 0.3 is 0 Å². The van der Waals surface area contributed by atoms with E-state index < -0.39 is 23.5 Å². The molecule has 1 saturated heterocycles. The highest BCUT2D eigenvalue weighted by molar-refractivity contribution is 6.52. The summed E-state index contributed by atoms with van der Waals surface area (Å²) in [7, 11) is 0. The number of amides is 1. The van der Waals surface area contributed by atoms with Gasteiger partial charge < -0.3 is 5.11 Å². The largest absolute Gasteiger partial charge is 0.507 e. The van der Waals surface area contributed by atoms with Crippen molar-refractivity contribution >= 4 is 57.1 Å². The van der Waals surface area contributed by atoms with E-state index in [2.05, 4.69) is 0 Å². The molecular weight excluding hydrogens is 476 g/mol. The van der Waals surface area contributed by atoms with Crippen LogP contribution < -0.4 is 4.90 Å². The van der Waals surface area contributed by atoms with Crippen LogP contribution >= 0.6 is 23.2 Å². The summed E-state index contributed by atoms with van der Waals surface area (Å²) < 4.78 is 13.6. The lowest BCUT2D eigenvalue weighted by atomic mass is 9.93. The maximum atomic E-state index is 13.6. The molecule has 0 spiro atoms. The third-order valence-electron chi connectivity index (χ3n) is 5.85. The molecule has 1 unspecified atom stereocenters. The van der Waals surface area contributed by atoms with Crippen LogP contribution in [0, 0.1) is 5.82 Å². The van der Waals surface area contributed by atoms with E-state index in [0.717, 1.165) is 10.8 Å². The zero-order valence-electron chi connectivity index (χ0n) is 17.5. The van der Waals surface area contributed by atoms with Crippen molar-refractivity contribution in [2.45, 2.75) is 6.04 Å². The summed E-state index contributed by atoms with van der Waals surface area (Å²) >= 11 is 12.3. The molecule has 1 fully saturated rings. The number of carbonyl (C=O) groups excluding carboxylic acids is 2. The van der Waals surface area contributed by atoms with Gasteiger partial charge in [-0.3, -0.25) is 14.5 Å². The number of fused-ring (bicyclic) bond motifs is 1. The van der Waals surface area contributed by atoms with Crippen molar-refractivity contribution in [2.24, 2.45) is 0 Å². The fourth-order valence-electron chi connectivity index (χ4n) is 4.28. The predicted molar refractivity (Wildman–Crippen MR) is 132 cm³/mol. The van der Waals surface area contributed by atoms with Gasteiger partial charge in [-0.05, 0) is 52.7 Å². The molecule has 4 nitrogen and oxygen atoms in total. The Labute approximate surface area is 204 Å². The number of halogens is 3. The van der Waals surface area contributed by atoms with Crippen molar-refractivity contribution < 1.29 is 19.1 Å². The third kappa shape index (κ3) is 3.63. The number of aliphatic hydroxyl groups excluding tert-OH is 1. The molecule has 1 amide bonds. The topological polar surface area (TPSA) is 57.6 Å². The first-order valence-electron chi connectivity index (χ1n) is 10.4. The van der Waals surface area contributed by atoms with Crippen LogP contribution in [-0.4, -0.2) is 16.8 Å². The Hall–Kier alpha value is -3.67. The molecule has 1 aliphatic heterocycles. The first-order chi connectivity index (χ1) is 16.4. The molecule has 0 radical (unpaired) electrons. The van der Waals surface area contributed by atoms with Crippen LogP contribution in [0.5, 0.6) is 0 Å². The molecule has 1 N–H and O–H groups in total. The third-order valence-corrected chi connectivity index (χ3v) is 6.59. The normalized spacial score (nSPS) is 17.5. The van der Waals surface area contributed by atoms with Gasteiger partial charge in [0.2, 0.25) is 0 Å². The second kappa shape index (κ2) is 8.60. The summed E-state index contributed by atoms with van der Waals surface area (Å²) in [4.78, 5) is 27.7. The van der Waals surface area contributed by atoms with E-state index in [0.29, 0.717) is 21.8 Å². The van der Waals surface area contributed by atoms with E-state index in [-0.39, 0.29) is 16.4 Å². The molecule has 4 aromatic carbocycles. The lowest BCUT2D eigenvalue weighted by Crippen LogP contribution is -2.29. The minimum absolute atomic E-state index is 0.0935. The Kier molecular flexibility index (Phi) is 5.60. The number of anilines is 1. The van der Waals surface area contributed by atoms with Crippen molar-refractivity contribution in [3.63, 3.8) is 0 Å². The Morgan fingerprint density at radius 3 is 2.29 bits per heavy atom. The second-order valence-corrected chi connectivity index (χ2v) is 8.66. The molecule has 0 saturated carbocycles. The van der Waals surface area contributed by atoms with E-state index in [9.17, 15) is 19.1 Å². The van der Waals surface area contributed by atoms with Gasteiger partial charge in [0.15, 0.2) is 0 Å². The molecule has 1 atom stereocenters. The number of nitrogens with zero attached hydrogens (tertiary/aromatic N) is 1. The zero-order chi connectivity index (χ0) is 24.0. The van der Waals surface area contributed by atoms with Crippen LogP contribution in [0.2, 0.25) is 10.0 Å². The molecule has 7 heteroatoms. The van der Waals surface area contributed by atoms with Gasteiger partial charge in [-0.15, -0.1) is 0 Å². The number of Topliss-reactive ketones (excluding diaryl/α,β-unsaturated/α-hetero) is 1. The Morgan fingerprint density at radius 2 is 1.56 bits per heavy atom. The highest BCUT2D eigenvalue weighted by Gasteiger charge is 2.47. The molecule has 168 valence electrons. The molecule has 1 aliphatic rings. The van der Waals surface area contributed by atoms with E-state index in [1.807, 2.05) is 30.3 Å². The number of hydrogen-bond donors (Lipinski definition) is 1. The van der Waals surface area contributed by atoms with Crippen LogP contribution in [0.3, 0.4) is 0 Å². The standard InChI is InChI=1S/C27H16Cl2FNO3/c28-21-13-8-16(14-22(21)29)24-23(25(32)20-7-3-5-15-4-1-2-6-19(15)20)26(33)27(34)31(24)18-11-9-17(30)10-12-18/h1-14,24,32H/b25-23-. The maximum absolute atomic E-state index is 13.6. The zero-order valence-corrected chi connectivity index (χ0v) is 19.0. The monoisotopic (exact) mass is 491 g/mol. The van der Waals surface area contributed by atoms with E-state index in [4.69, 9.17) is 23.2 Å². The van der Waals surface area contributed by atoms with Gasteiger partial charge in [0.25, 0.3) is 11.7 Å². The van der Waals surface area contributed by atoms with Gasteiger partial charge in [-0.2, -0.15) is 0 Å². The summed E-state index contributed by atoms with van der Waals surface area (Å²) in [6.07, 6.45) is 0. The Balaban J connectivity index is 1.79. The SMILES string of the molecule is O=C1C(=O)N(c2ccc(F)cc2)C(c2ccc(Cl)c(Cl)c2)/C1=C(/O)c1cccc2ccccc12. The van der Waals surface area contributed by atoms with Crippen LogP contribution in [0.15, 0.2) is 90.5 Å². The minimum Gasteiger partial charge on any atom is -0.507 e. The smallest absolute Gasteiger partial charge is 0.300 e. The predicted octanol–water partition coefficient (Wildman–Crippen LogP) is 6.91. The van der Waals surface area contributed by atoms with Crippen molar-refractivity contribution in [2.75, 3.05) is 4.90 Å². The van der Waals surface area contributed by atoms with E-state index >= 15 is 0 Å². The van der Waals surface area contributed by atoms with Gasteiger partial charge in [-0.25, -0.2) is 4.39 Å².